The molecule has 4 nitrogen and oxygen atoms in total. The summed E-state index contributed by atoms with van der Waals surface area (Å²) in [7, 11) is 0. The van der Waals surface area contributed by atoms with Gasteiger partial charge in [-0.05, 0) is 38.5 Å². The summed E-state index contributed by atoms with van der Waals surface area (Å²) in [6.45, 7) is 8.29. The van der Waals surface area contributed by atoms with Crippen molar-refractivity contribution in [1.82, 2.24) is 5.32 Å². The molecule has 0 spiro atoms. The second-order valence-corrected chi connectivity index (χ2v) is 4.17. The van der Waals surface area contributed by atoms with Gasteiger partial charge in [-0.2, -0.15) is 0 Å². The summed E-state index contributed by atoms with van der Waals surface area (Å²) in [6, 6.07) is 5.45. The van der Waals surface area contributed by atoms with E-state index in [-0.39, 0.29) is 5.91 Å². The lowest BCUT2D eigenvalue weighted by Crippen LogP contribution is -2.22. The Kier molecular flexibility index (Phi) is 6.97. The largest absolute Gasteiger partial charge is 0.494 e. The Hall–Kier alpha value is -1.55. The van der Waals surface area contributed by atoms with E-state index >= 15 is 0 Å². The number of hydrogen-bond donors (Lipinski definition) is 1. The summed E-state index contributed by atoms with van der Waals surface area (Å²) in [5.74, 6) is 0.717. The highest BCUT2D eigenvalue weighted by molar-refractivity contribution is 5.94. The van der Waals surface area contributed by atoms with Gasteiger partial charge in [0.2, 0.25) is 0 Å². The standard InChI is InChI=1S/C15H23NO3/c1-4-9-18-11-13-10-12(15(17)16-5-2)7-8-14(13)19-6-3/h7-8,10H,4-6,9,11H2,1-3H3,(H,16,17). The fourth-order valence-corrected chi connectivity index (χ4v) is 1.72. The maximum absolute atomic E-state index is 11.8. The van der Waals surface area contributed by atoms with Crippen molar-refractivity contribution in [1.29, 1.82) is 0 Å². The average molecular weight is 265 g/mol. The molecule has 4 heteroatoms. The van der Waals surface area contributed by atoms with Gasteiger partial charge in [0.25, 0.3) is 5.91 Å². The number of carbonyl (C=O) groups excluding carboxylic acids is 1. The minimum Gasteiger partial charge on any atom is -0.494 e. The SMILES string of the molecule is CCCOCc1cc(C(=O)NCC)ccc1OCC. The van der Waals surface area contributed by atoms with Gasteiger partial charge in [-0.1, -0.05) is 6.92 Å². The minimum absolute atomic E-state index is 0.0673. The Balaban J connectivity index is 2.86. The fraction of sp³-hybridized carbons (Fsp3) is 0.533. The molecule has 1 aromatic rings. The van der Waals surface area contributed by atoms with E-state index in [1.807, 2.05) is 26.0 Å². The lowest BCUT2D eigenvalue weighted by atomic mass is 10.1. The molecule has 1 amide bonds. The highest BCUT2D eigenvalue weighted by atomic mass is 16.5. The Morgan fingerprint density at radius 1 is 1.26 bits per heavy atom. The van der Waals surface area contributed by atoms with Gasteiger partial charge >= 0.3 is 0 Å². The van der Waals surface area contributed by atoms with E-state index in [1.54, 1.807) is 6.07 Å². The first-order valence-electron chi connectivity index (χ1n) is 6.84. The van der Waals surface area contributed by atoms with Crippen LogP contribution in [0.3, 0.4) is 0 Å². The Labute approximate surface area is 115 Å². The van der Waals surface area contributed by atoms with E-state index in [2.05, 4.69) is 12.2 Å². The molecule has 0 saturated carbocycles. The summed E-state index contributed by atoms with van der Waals surface area (Å²) in [6.07, 6.45) is 0.972. The van der Waals surface area contributed by atoms with Crippen LogP contribution in [0.4, 0.5) is 0 Å². The zero-order valence-electron chi connectivity index (χ0n) is 12.0. The van der Waals surface area contributed by atoms with Gasteiger partial charge in [0, 0.05) is 24.3 Å². The van der Waals surface area contributed by atoms with Crippen LogP contribution >= 0.6 is 0 Å². The predicted molar refractivity (Wildman–Crippen MR) is 75.6 cm³/mol. The minimum atomic E-state index is -0.0673. The fourth-order valence-electron chi connectivity index (χ4n) is 1.72. The molecule has 19 heavy (non-hydrogen) atoms. The summed E-state index contributed by atoms with van der Waals surface area (Å²) in [5, 5.41) is 2.79. The first-order chi connectivity index (χ1) is 9.22. The van der Waals surface area contributed by atoms with Gasteiger partial charge in [0.15, 0.2) is 0 Å². The van der Waals surface area contributed by atoms with Gasteiger partial charge in [-0.25, -0.2) is 0 Å². The molecular weight excluding hydrogens is 242 g/mol. The van der Waals surface area contributed by atoms with Crippen LogP contribution in [0.25, 0.3) is 0 Å². The molecule has 106 valence electrons. The van der Waals surface area contributed by atoms with Crippen LogP contribution in [-0.2, 0) is 11.3 Å². The van der Waals surface area contributed by atoms with Crippen molar-refractivity contribution < 1.29 is 14.3 Å². The second-order valence-electron chi connectivity index (χ2n) is 4.17. The number of ether oxygens (including phenoxy) is 2. The van der Waals surface area contributed by atoms with Gasteiger partial charge in [0.1, 0.15) is 5.75 Å². The lowest BCUT2D eigenvalue weighted by molar-refractivity contribution is 0.0954. The molecule has 0 aliphatic rings. The van der Waals surface area contributed by atoms with Crippen molar-refractivity contribution >= 4 is 5.91 Å². The molecule has 0 unspecified atom stereocenters. The van der Waals surface area contributed by atoms with E-state index in [9.17, 15) is 4.79 Å². The van der Waals surface area contributed by atoms with E-state index in [0.717, 1.165) is 17.7 Å². The number of hydrogen-bond acceptors (Lipinski definition) is 3. The van der Waals surface area contributed by atoms with Crippen molar-refractivity contribution in [3.63, 3.8) is 0 Å². The van der Waals surface area contributed by atoms with Gasteiger partial charge < -0.3 is 14.8 Å². The van der Waals surface area contributed by atoms with Crippen molar-refractivity contribution in [2.45, 2.75) is 33.8 Å². The number of rotatable bonds is 8. The Morgan fingerprint density at radius 2 is 2.05 bits per heavy atom. The van der Waals surface area contributed by atoms with Crippen molar-refractivity contribution in [2.75, 3.05) is 19.8 Å². The first-order valence-corrected chi connectivity index (χ1v) is 6.84. The van der Waals surface area contributed by atoms with Crippen LogP contribution in [0, 0.1) is 0 Å². The third kappa shape index (κ3) is 4.91. The molecule has 0 radical (unpaired) electrons. The van der Waals surface area contributed by atoms with Crippen LogP contribution in [-0.4, -0.2) is 25.7 Å². The highest BCUT2D eigenvalue weighted by Crippen LogP contribution is 2.21. The zero-order chi connectivity index (χ0) is 14.1. The second kappa shape index (κ2) is 8.53. The Morgan fingerprint density at radius 3 is 2.68 bits per heavy atom. The number of amides is 1. The summed E-state index contributed by atoms with van der Waals surface area (Å²) in [4.78, 5) is 11.8. The zero-order valence-corrected chi connectivity index (χ0v) is 12.0. The molecule has 1 aromatic carbocycles. The highest BCUT2D eigenvalue weighted by Gasteiger charge is 2.10. The number of carbonyl (C=O) groups is 1. The third-order valence-electron chi connectivity index (χ3n) is 2.57. The lowest BCUT2D eigenvalue weighted by Gasteiger charge is -2.12. The molecule has 0 bridgehead atoms. The third-order valence-corrected chi connectivity index (χ3v) is 2.57. The van der Waals surface area contributed by atoms with Crippen molar-refractivity contribution in [2.24, 2.45) is 0 Å². The molecule has 0 heterocycles. The summed E-state index contributed by atoms with van der Waals surface area (Å²) in [5.41, 5.74) is 1.56. The van der Waals surface area contributed by atoms with E-state index in [4.69, 9.17) is 9.47 Å². The molecule has 1 rings (SSSR count). The normalized spacial score (nSPS) is 10.3. The number of nitrogens with one attached hydrogen (secondary N) is 1. The molecule has 1 N–H and O–H groups in total. The predicted octanol–water partition coefficient (Wildman–Crippen LogP) is 2.76. The first kappa shape index (κ1) is 15.5. The smallest absolute Gasteiger partial charge is 0.251 e. The maximum atomic E-state index is 11.8. The van der Waals surface area contributed by atoms with E-state index in [0.29, 0.717) is 31.9 Å². The molecule has 0 saturated heterocycles. The van der Waals surface area contributed by atoms with Crippen LogP contribution < -0.4 is 10.1 Å². The van der Waals surface area contributed by atoms with Gasteiger partial charge in [-0.15, -0.1) is 0 Å². The molecule has 0 fully saturated rings. The van der Waals surface area contributed by atoms with Crippen LogP contribution in [0.15, 0.2) is 18.2 Å². The van der Waals surface area contributed by atoms with Crippen LogP contribution in [0.5, 0.6) is 5.75 Å². The molecule has 0 aliphatic heterocycles. The Bertz CT molecular complexity index is 404. The summed E-state index contributed by atoms with van der Waals surface area (Å²) < 4.78 is 11.1. The summed E-state index contributed by atoms with van der Waals surface area (Å²) >= 11 is 0. The monoisotopic (exact) mass is 265 g/mol. The van der Waals surface area contributed by atoms with Gasteiger partial charge in [0.05, 0.1) is 13.2 Å². The van der Waals surface area contributed by atoms with Crippen LogP contribution in [0.1, 0.15) is 43.1 Å². The molecular formula is C15H23NO3. The average Bonchev–Trinajstić information content (AvgIpc) is 2.41. The van der Waals surface area contributed by atoms with E-state index < -0.39 is 0 Å². The molecule has 0 aliphatic carbocycles. The molecule has 0 atom stereocenters. The van der Waals surface area contributed by atoms with Gasteiger partial charge in [-0.3, -0.25) is 4.79 Å². The van der Waals surface area contributed by atoms with Crippen molar-refractivity contribution in [3.05, 3.63) is 29.3 Å². The number of benzene rings is 1. The maximum Gasteiger partial charge on any atom is 0.251 e. The van der Waals surface area contributed by atoms with Crippen LogP contribution in [0.2, 0.25) is 0 Å². The molecule has 0 aromatic heterocycles. The van der Waals surface area contributed by atoms with Crippen molar-refractivity contribution in [3.8, 4) is 5.75 Å². The quantitative estimate of drug-likeness (QED) is 0.735. The van der Waals surface area contributed by atoms with E-state index in [1.165, 1.54) is 0 Å². The topological polar surface area (TPSA) is 47.6 Å².